The van der Waals surface area contributed by atoms with E-state index in [2.05, 4.69) is 12.1 Å². The first kappa shape index (κ1) is 15.4. The minimum absolute atomic E-state index is 0.339. The molecule has 0 amide bonds. The lowest BCUT2D eigenvalue weighted by Crippen LogP contribution is -2.19. The molecule has 1 N–H and O–H groups in total. The third kappa shape index (κ3) is 2.52. The first-order chi connectivity index (χ1) is 11.6. The molecule has 2 nitrogen and oxygen atoms in total. The summed E-state index contributed by atoms with van der Waals surface area (Å²) in [5, 5.41) is 9.35. The van der Waals surface area contributed by atoms with Gasteiger partial charge in [0.2, 0.25) is 0 Å². The van der Waals surface area contributed by atoms with E-state index in [1.165, 1.54) is 37.3 Å². The number of hydrogen-bond acceptors (Lipinski definition) is 1. The number of aliphatic carboxylic acids is 1. The van der Waals surface area contributed by atoms with Crippen LogP contribution in [0.4, 0.5) is 4.39 Å². The minimum Gasteiger partial charge on any atom is -0.481 e. The van der Waals surface area contributed by atoms with E-state index in [1.54, 1.807) is 12.1 Å². The van der Waals surface area contributed by atoms with Crippen molar-refractivity contribution in [2.24, 2.45) is 0 Å². The Hall–Kier alpha value is -2.16. The van der Waals surface area contributed by atoms with Crippen molar-refractivity contribution in [1.29, 1.82) is 0 Å². The molecule has 0 heterocycles. The molecule has 2 aliphatic carbocycles. The Morgan fingerprint density at radius 1 is 1.04 bits per heavy atom. The Bertz CT molecular complexity index is 769. The van der Waals surface area contributed by atoms with Gasteiger partial charge in [0.25, 0.3) is 0 Å². The van der Waals surface area contributed by atoms with Gasteiger partial charge < -0.3 is 5.11 Å². The Morgan fingerprint density at radius 3 is 2.25 bits per heavy atom. The molecule has 3 heteroatoms. The van der Waals surface area contributed by atoms with Crippen molar-refractivity contribution in [3.8, 4) is 11.1 Å². The topological polar surface area (TPSA) is 37.3 Å². The summed E-state index contributed by atoms with van der Waals surface area (Å²) in [6, 6.07) is 13.1. The van der Waals surface area contributed by atoms with Crippen LogP contribution in [0.1, 0.15) is 55.6 Å². The van der Waals surface area contributed by atoms with Gasteiger partial charge in [0.15, 0.2) is 0 Å². The van der Waals surface area contributed by atoms with E-state index in [-0.39, 0.29) is 5.82 Å². The molecular weight excluding hydrogens is 303 g/mol. The molecule has 2 aromatic rings. The molecule has 0 aromatic heterocycles. The average Bonchev–Trinajstić information content (AvgIpc) is 3.23. The van der Waals surface area contributed by atoms with E-state index in [9.17, 15) is 14.3 Å². The van der Waals surface area contributed by atoms with E-state index in [4.69, 9.17) is 0 Å². The standard InChI is InChI=1S/C21H21FO2/c22-19-13-17(21(11-12-21)20(23)24)9-10-18(19)16-7-5-15(6-8-16)14-3-1-2-4-14/h5-10,13-14H,1-4,11-12H2,(H,23,24). The zero-order chi connectivity index (χ0) is 16.7. The summed E-state index contributed by atoms with van der Waals surface area (Å²) in [5.41, 5.74) is 2.46. The Balaban J connectivity index is 1.61. The van der Waals surface area contributed by atoms with Crippen LogP contribution in [0.25, 0.3) is 11.1 Å². The van der Waals surface area contributed by atoms with Crippen molar-refractivity contribution in [2.45, 2.75) is 49.9 Å². The summed E-state index contributed by atoms with van der Waals surface area (Å²) in [4.78, 5) is 11.4. The summed E-state index contributed by atoms with van der Waals surface area (Å²) >= 11 is 0. The van der Waals surface area contributed by atoms with Gasteiger partial charge in [0.05, 0.1) is 5.41 Å². The maximum absolute atomic E-state index is 14.6. The van der Waals surface area contributed by atoms with Gasteiger partial charge in [-0.2, -0.15) is 0 Å². The van der Waals surface area contributed by atoms with Gasteiger partial charge in [-0.3, -0.25) is 4.79 Å². The third-order valence-electron chi connectivity index (χ3n) is 5.73. The first-order valence-corrected chi connectivity index (χ1v) is 8.74. The molecule has 124 valence electrons. The monoisotopic (exact) mass is 324 g/mol. The van der Waals surface area contributed by atoms with Gasteiger partial charge in [-0.25, -0.2) is 4.39 Å². The third-order valence-corrected chi connectivity index (χ3v) is 5.73. The molecular formula is C21H21FO2. The highest BCUT2D eigenvalue weighted by molar-refractivity contribution is 5.85. The zero-order valence-corrected chi connectivity index (χ0v) is 13.6. The van der Waals surface area contributed by atoms with Crippen LogP contribution in [0.2, 0.25) is 0 Å². The number of halogens is 1. The molecule has 2 saturated carbocycles. The maximum atomic E-state index is 14.6. The molecule has 2 aromatic carbocycles. The minimum atomic E-state index is -0.855. The fraction of sp³-hybridized carbons (Fsp3) is 0.381. The second kappa shape index (κ2) is 5.73. The van der Waals surface area contributed by atoms with Crippen molar-refractivity contribution in [2.75, 3.05) is 0 Å². The van der Waals surface area contributed by atoms with Crippen LogP contribution >= 0.6 is 0 Å². The summed E-state index contributed by atoms with van der Waals surface area (Å²) < 4.78 is 14.6. The van der Waals surface area contributed by atoms with Crippen LogP contribution in [0.15, 0.2) is 42.5 Å². The number of carbonyl (C=O) groups is 1. The molecule has 0 radical (unpaired) electrons. The molecule has 0 bridgehead atoms. The largest absolute Gasteiger partial charge is 0.481 e. The van der Waals surface area contributed by atoms with E-state index in [0.717, 1.165) is 5.56 Å². The fourth-order valence-corrected chi connectivity index (χ4v) is 3.99. The van der Waals surface area contributed by atoms with Crippen molar-refractivity contribution in [3.05, 3.63) is 59.4 Å². The van der Waals surface area contributed by atoms with E-state index < -0.39 is 11.4 Å². The lowest BCUT2D eigenvalue weighted by Gasteiger charge is -2.13. The lowest BCUT2D eigenvalue weighted by atomic mass is 9.92. The molecule has 0 spiro atoms. The van der Waals surface area contributed by atoms with Crippen molar-refractivity contribution in [1.82, 2.24) is 0 Å². The van der Waals surface area contributed by atoms with Crippen LogP contribution < -0.4 is 0 Å². The molecule has 0 saturated heterocycles. The second-order valence-electron chi connectivity index (χ2n) is 7.19. The number of carboxylic acids is 1. The van der Waals surface area contributed by atoms with Crippen LogP contribution in [-0.4, -0.2) is 11.1 Å². The number of rotatable bonds is 4. The lowest BCUT2D eigenvalue weighted by molar-refractivity contribution is -0.140. The van der Waals surface area contributed by atoms with Gasteiger partial charge in [-0.05, 0) is 54.4 Å². The highest BCUT2D eigenvalue weighted by Gasteiger charge is 2.51. The summed E-state index contributed by atoms with van der Waals surface area (Å²) in [6.07, 6.45) is 6.29. The predicted octanol–water partition coefficient (Wildman–Crippen LogP) is 5.27. The van der Waals surface area contributed by atoms with E-state index >= 15 is 0 Å². The van der Waals surface area contributed by atoms with Gasteiger partial charge in [-0.15, -0.1) is 0 Å². The van der Waals surface area contributed by atoms with E-state index in [0.29, 0.717) is 29.9 Å². The second-order valence-corrected chi connectivity index (χ2v) is 7.19. The molecule has 0 aliphatic heterocycles. The summed E-state index contributed by atoms with van der Waals surface area (Å²) in [5.74, 6) is -0.541. The van der Waals surface area contributed by atoms with Gasteiger partial charge in [0, 0.05) is 5.56 Å². The number of carboxylic acid groups (broad SMARTS) is 1. The zero-order valence-electron chi connectivity index (χ0n) is 13.6. The molecule has 0 atom stereocenters. The van der Waals surface area contributed by atoms with Crippen molar-refractivity contribution >= 4 is 5.97 Å². The van der Waals surface area contributed by atoms with Crippen LogP contribution in [0.3, 0.4) is 0 Å². The molecule has 4 rings (SSSR count). The fourth-order valence-electron chi connectivity index (χ4n) is 3.99. The van der Waals surface area contributed by atoms with Crippen LogP contribution in [0, 0.1) is 5.82 Å². The quantitative estimate of drug-likeness (QED) is 0.832. The smallest absolute Gasteiger partial charge is 0.314 e. The van der Waals surface area contributed by atoms with Gasteiger partial charge >= 0.3 is 5.97 Å². The highest BCUT2D eigenvalue weighted by Crippen LogP contribution is 2.49. The van der Waals surface area contributed by atoms with E-state index in [1.807, 2.05) is 12.1 Å². The SMILES string of the molecule is O=C(O)C1(c2ccc(-c3ccc(C4CCCC4)cc3)c(F)c2)CC1. The molecule has 0 unspecified atom stereocenters. The maximum Gasteiger partial charge on any atom is 0.314 e. The Kier molecular flexibility index (Phi) is 3.67. The highest BCUT2D eigenvalue weighted by atomic mass is 19.1. The Labute approximate surface area is 141 Å². The molecule has 24 heavy (non-hydrogen) atoms. The normalized spacial score (nSPS) is 19.4. The molecule has 2 fully saturated rings. The van der Waals surface area contributed by atoms with Crippen molar-refractivity contribution < 1.29 is 14.3 Å². The van der Waals surface area contributed by atoms with Crippen LogP contribution in [-0.2, 0) is 10.2 Å². The van der Waals surface area contributed by atoms with Crippen LogP contribution in [0.5, 0.6) is 0 Å². The van der Waals surface area contributed by atoms with Crippen molar-refractivity contribution in [3.63, 3.8) is 0 Å². The number of hydrogen-bond donors (Lipinski definition) is 1. The van der Waals surface area contributed by atoms with Gasteiger partial charge in [0.1, 0.15) is 5.82 Å². The van der Waals surface area contributed by atoms with Gasteiger partial charge in [-0.1, -0.05) is 49.2 Å². The predicted molar refractivity (Wildman–Crippen MR) is 91.6 cm³/mol. The summed E-state index contributed by atoms with van der Waals surface area (Å²) in [6.45, 7) is 0. The summed E-state index contributed by atoms with van der Waals surface area (Å²) in [7, 11) is 0. The average molecular weight is 324 g/mol. The first-order valence-electron chi connectivity index (χ1n) is 8.74. The Morgan fingerprint density at radius 2 is 1.71 bits per heavy atom. The molecule has 2 aliphatic rings. The number of benzene rings is 2.